The lowest BCUT2D eigenvalue weighted by Gasteiger charge is -2.26. The van der Waals surface area contributed by atoms with Crippen LogP contribution in [-0.4, -0.2) is 47.0 Å². The summed E-state index contributed by atoms with van der Waals surface area (Å²) < 4.78 is 49.5. The van der Waals surface area contributed by atoms with E-state index in [-0.39, 0.29) is 29.0 Å². The van der Waals surface area contributed by atoms with Gasteiger partial charge in [-0.25, -0.2) is 22.9 Å². The average Bonchev–Trinajstić information content (AvgIpc) is 3.20. The van der Waals surface area contributed by atoms with Gasteiger partial charge >= 0.3 is 0 Å². The molecule has 1 atom stereocenters. The molecule has 1 unspecified atom stereocenters. The molecule has 190 valence electrons. The van der Waals surface area contributed by atoms with Gasteiger partial charge in [-0.1, -0.05) is 25.0 Å². The first-order chi connectivity index (χ1) is 17.5. The minimum Gasteiger partial charge on any atom is -0.379 e. The number of nitrogens with one attached hydrogen (secondary N) is 1. The van der Waals surface area contributed by atoms with E-state index in [4.69, 9.17) is 4.74 Å². The van der Waals surface area contributed by atoms with Crippen molar-refractivity contribution in [2.75, 3.05) is 26.3 Å². The van der Waals surface area contributed by atoms with Crippen molar-refractivity contribution in [3.8, 4) is 5.69 Å². The summed E-state index contributed by atoms with van der Waals surface area (Å²) in [4.78, 5) is 13.4. The maximum Gasteiger partial charge on any atom is 0.286 e. The van der Waals surface area contributed by atoms with Crippen LogP contribution in [0.3, 0.4) is 0 Å². The van der Waals surface area contributed by atoms with Crippen LogP contribution in [0.2, 0.25) is 0 Å². The monoisotopic (exact) mass is 498 g/mol. The van der Waals surface area contributed by atoms with Crippen LogP contribution in [0.15, 0.2) is 42.5 Å². The van der Waals surface area contributed by atoms with Crippen LogP contribution in [0.1, 0.15) is 58.9 Å². The lowest BCUT2D eigenvalue weighted by Crippen LogP contribution is -2.48. The molecule has 1 aliphatic carbocycles. The molecule has 0 saturated carbocycles. The summed E-state index contributed by atoms with van der Waals surface area (Å²) in [6.45, 7) is 2.15. The van der Waals surface area contributed by atoms with Gasteiger partial charge < -0.3 is 4.74 Å². The van der Waals surface area contributed by atoms with Crippen molar-refractivity contribution < 1.29 is 22.7 Å². The summed E-state index contributed by atoms with van der Waals surface area (Å²) in [5, 5.41) is 6.42. The van der Waals surface area contributed by atoms with E-state index in [1.54, 1.807) is 11.1 Å². The van der Waals surface area contributed by atoms with Gasteiger partial charge in [0.15, 0.2) is 11.5 Å². The number of ether oxygens (including phenoxy) is 1. The fraction of sp³-hybridized carbons (Fsp3) is 0.407. The number of nitrogens with zero attached hydrogens (tertiary/aromatic N) is 3. The van der Waals surface area contributed by atoms with Gasteiger partial charge in [0.25, 0.3) is 5.91 Å². The second-order valence-electron chi connectivity index (χ2n) is 9.39. The molecule has 1 aliphatic heterocycles. The number of hydrogen-bond acceptors (Lipinski definition) is 4. The standard InChI is InChI=1S/C27H29F3N4O2/c28-20-7-4-5-18(16-20)15-19-6-2-1-3-8-22-25(27(35)32-33-11-13-36-14-12-33)31-34(26(19)22)24-10-9-21(29)17-23(24)30/h4-5,7,9-10,16-17,19H,1-3,6,8,11-15H2,(H,32,35). The second-order valence-corrected chi connectivity index (χ2v) is 9.39. The smallest absolute Gasteiger partial charge is 0.286 e. The molecule has 0 radical (unpaired) electrons. The minimum atomic E-state index is -0.757. The van der Waals surface area contributed by atoms with Gasteiger partial charge in [-0.2, -0.15) is 5.10 Å². The third-order valence-corrected chi connectivity index (χ3v) is 6.88. The Bertz CT molecular complexity index is 1240. The summed E-state index contributed by atoms with van der Waals surface area (Å²) >= 11 is 0. The Labute approximate surface area is 208 Å². The molecule has 36 heavy (non-hydrogen) atoms. The number of benzene rings is 2. The van der Waals surface area contributed by atoms with E-state index < -0.39 is 11.6 Å². The number of halogens is 3. The Hall–Kier alpha value is -3.17. The van der Waals surface area contributed by atoms with Crippen LogP contribution in [0.5, 0.6) is 0 Å². The summed E-state index contributed by atoms with van der Waals surface area (Å²) in [7, 11) is 0. The predicted molar refractivity (Wildman–Crippen MR) is 128 cm³/mol. The summed E-state index contributed by atoms with van der Waals surface area (Å²) in [5.74, 6) is -2.24. The lowest BCUT2D eigenvalue weighted by atomic mass is 9.84. The molecule has 2 aliphatic rings. The molecule has 0 spiro atoms. The van der Waals surface area contributed by atoms with Crippen molar-refractivity contribution in [2.45, 2.75) is 44.4 Å². The zero-order valence-corrected chi connectivity index (χ0v) is 20.0. The molecular weight excluding hydrogens is 469 g/mol. The Morgan fingerprint density at radius 2 is 1.83 bits per heavy atom. The number of rotatable bonds is 5. The summed E-state index contributed by atoms with van der Waals surface area (Å²) in [6.07, 6.45) is 4.72. The highest BCUT2D eigenvalue weighted by Gasteiger charge is 2.31. The largest absolute Gasteiger partial charge is 0.379 e. The third-order valence-electron chi connectivity index (χ3n) is 6.88. The van der Waals surface area contributed by atoms with Crippen molar-refractivity contribution in [1.29, 1.82) is 0 Å². The molecule has 1 N–H and O–H groups in total. The molecule has 9 heteroatoms. The van der Waals surface area contributed by atoms with Gasteiger partial charge in [-0.15, -0.1) is 0 Å². The zero-order chi connectivity index (χ0) is 25.1. The third kappa shape index (κ3) is 5.32. The van der Waals surface area contributed by atoms with E-state index in [1.165, 1.54) is 28.9 Å². The van der Waals surface area contributed by atoms with Gasteiger partial charge in [0.1, 0.15) is 17.3 Å². The molecule has 0 bridgehead atoms. The molecule has 6 nitrogen and oxygen atoms in total. The lowest BCUT2D eigenvalue weighted by molar-refractivity contribution is 0.0124. The average molecular weight is 499 g/mol. The van der Waals surface area contributed by atoms with E-state index in [9.17, 15) is 13.6 Å². The van der Waals surface area contributed by atoms with E-state index in [0.717, 1.165) is 48.6 Å². The molecule has 5 rings (SSSR count). The van der Waals surface area contributed by atoms with E-state index in [0.29, 0.717) is 39.1 Å². The van der Waals surface area contributed by atoms with Crippen LogP contribution in [0, 0.1) is 17.5 Å². The van der Waals surface area contributed by atoms with Gasteiger partial charge in [0.05, 0.1) is 18.9 Å². The normalized spacial score (nSPS) is 18.8. The number of carbonyl (C=O) groups excluding carboxylic acids is 1. The predicted octanol–water partition coefficient (Wildman–Crippen LogP) is 4.71. The SMILES string of the molecule is O=C(NN1CCOCC1)c1nn(-c2ccc(F)cc2F)c2c1CCCCCC2Cc1cccc(F)c1. The number of aromatic nitrogens is 2. The van der Waals surface area contributed by atoms with Crippen molar-refractivity contribution in [3.63, 3.8) is 0 Å². The maximum absolute atomic E-state index is 15.0. The molecule has 1 fully saturated rings. The van der Waals surface area contributed by atoms with E-state index in [2.05, 4.69) is 10.5 Å². The molecule has 2 aromatic carbocycles. The fourth-order valence-electron chi connectivity index (χ4n) is 5.17. The van der Waals surface area contributed by atoms with Crippen LogP contribution in [0.25, 0.3) is 5.69 Å². The van der Waals surface area contributed by atoms with Crippen molar-refractivity contribution in [3.05, 3.63) is 82.4 Å². The first-order valence-corrected chi connectivity index (χ1v) is 12.4. The Morgan fingerprint density at radius 1 is 1.03 bits per heavy atom. The number of carbonyl (C=O) groups is 1. The van der Waals surface area contributed by atoms with Crippen molar-refractivity contribution >= 4 is 5.91 Å². The van der Waals surface area contributed by atoms with Crippen molar-refractivity contribution in [2.24, 2.45) is 0 Å². The topological polar surface area (TPSA) is 59.4 Å². The number of fused-ring (bicyclic) bond motifs is 1. The Kier molecular flexibility index (Phi) is 7.38. The molecular formula is C27H29F3N4O2. The molecule has 1 aromatic heterocycles. The molecule has 1 amide bonds. The van der Waals surface area contributed by atoms with Gasteiger partial charge in [-0.05, 0) is 55.5 Å². The van der Waals surface area contributed by atoms with Crippen LogP contribution < -0.4 is 5.43 Å². The van der Waals surface area contributed by atoms with Crippen LogP contribution >= 0.6 is 0 Å². The first kappa shape index (κ1) is 24.5. The number of hydrogen-bond donors (Lipinski definition) is 1. The molecule has 1 saturated heterocycles. The van der Waals surface area contributed by atoms with Crippen molar-refractivity contribution in [1.82, 2.24) is 20.2 Å². The Morgan fingerprint density at radius 3 is 2.61 bits per heavy atom. The number of hydrazine groups is 1. The van der Waals surface area contributed by atoms with Gasteiger partial charge in [0.2, 0.25) is 0 Å². The van der Waals surface area contributed by atoms with E-state index >= 15 is 4.39 Å². The minimum absolute atomic E-state index is 0.0860. The first-order valence-electron chi connectivity index (χ1n) is 12.4. The van der Waals surface area contributed by atoms with E-state index in [1.807, 2.05) is 6.07 Å². The highest BCUT2D eigenvalue weighted by molar-refractivity contribution is 5.94. The molecule has 2 heterocycles. The Balaban J connectivity index is 1.60. The maximum atomic E-state index is 15.0. The van der Waals surface area contributed by atoms with Gasteiger partial charge in [-0.3, -0.25) is 10.2 Å². The summed E-state index contributed by atoms with van der Waals surface area (Å²) in [6, 6.07) is 9.80. The zero-order valence-electron chi connectivity index (χ0n) is 20.0. The number of amides is 1. The highest BCUT2D eigenvalue weighted by atomic mass is 19.1. The molecule has 3 aromatic rings. The highest BCUT2D eigenvalue weighted by Crippen LogP contribution is 2.36. The van der Waals surface area contributed by atoms with Gasteiger partial charge in [0, 0.05) is 30.6 Å². The summed E-state index contributed by atoms with van der Waals surface area (Å²) in [5.41, 5.74) is 5.56. The number of morpholine rings is 1. The quantitative estimate of drug-likeness (QED) is 0.554. The fourth-order valence-corrected chi connectivity index (χ4v) is 5.17. The second kappa shape index (κ2) is 10.8. The van der Waals surface area contributed by atoms with Crippen LogP contribution in [0.4, 0.5) is 13.2 Å². The van der Waals surface area contributed by atoms with Crippen LogP contribution in [-0.2, 0) is 17.6 Å².